The van der Waals surface area contributed by atoms with E-state index in [1.165, 1.54) is 22.4 Å². The first-order valence-corrected chi connectivity index (χ1v) is 9.94. The Morgan fingerprint density at radius 2 is 1.61 bits per heavy atom. The molecule has 23 heavy (non-hydrogen) atoms. The van der Waals surface area contributed by atoms with Crippen LogP contribution < -0.4 is 0 Å². The number of alkyl halides is 1. The van der Waals surface area contributed by atoms with Crippen LogP contribution in [0.1, 0.15) is 11.1 Å². The van der Waals surface area contributed by atoms with Gasteiger partial charge in [0.1, 0.15) is 0 Å². The summed E-state index contributed by atoms with van der Waals surface area (Å²) in [6.07, 6.45) is 4.76. The molecule has 1 saturated heterocycles. The highest BCUT2D eigenvalue weighted by molar-refractivity contribution is 9.09. The minimum Gasteiger partial charge on any atom is -0.354 e. The Labute approximate surface area is 150 Å². The number of hydrogen-bond acceptors (Lipinski definition) is 2. The molecule has 116 valence electrons. The van der Waals surface area contributed by atoms with Crippen LogP contribution in [0.4, 0.5) is 0 Å². The second-order valence-corrected chi connectivity index (χ2v) is 7.91. The molecule has 2 aromatic rings. The molecule has 0 saturated carbocycles. The van der Waals surface area contributed by atoms with Crippen molar-refractivity contribution in [2.75, 3.05) is 11.9 Å². The van der Waals surface area contributed by atoms with E-state index in [0.29, 0.717) is 10.6 Å². The topological polar surface area (TPSA) is 3.24 Å². The summed E-state index contributed by atoms with van der Waals surface area (Å²) in [5, 5.41) is 2.10. The van der Waals surface area contributed by atoms with Gasteiger partial charge in [-0.25, -0.2) is 0 Å². The van der Waals surface area contributed by atoms with Crippen molar-refractivity contribution >= 4 is 39.0 Å². The third-order valence-corrected chi connectivity index (χ3v) is 6.89. The molecule has 0 bridgehead atoms. The zero-order valence-electron chi connectivity index (χ0n) is 12.7. The molecule has 2 unspecified atom stereocenters. The molecule has 2 aromatic carbocycles. The van der Waals surface area contributed by atoms with E-state index in [1.807, 2.05) is 0 Å². The molecule has 2 atom stereocenters. The first kappa shape index (κ1) is 15.1. The van der Waals surface area contributed by atoms with Crippen LogP contribution in [0, 0.1) is 0 Å². The maximum Gasteiger partial charge on any atom is 0.0948 e. The fourth-order valence-corrected chi connectivity index (χ4v) is 5.14. The lowest BCUT2D eigenvalue weighted by atomic mass is 9.98. The van der Waals surface area contributed by atoms with E-state index >= 15 is 0 Å². The smallest absolute Gasteiger partial charge is 0.0948 e. The molecule has 4 rings (SSSR count). The van der Waals surface area contributed by atoms with Gasteiger partial charge in [-0.15, -0.1) is 11.8 Å². The molecule has 2 aliphatic rings. The van der Waals surface area contributed by atoms with Crippen LogP contribution in [0.5, 0.6) is 0 Å². The zero-order chi connectivity index (χ0) is 15.6. The number of rotatable bonds is 3. The van der Waals surface area contributed by atoms with E-state index in [-0.39, 0.29) is 0 Å². The summed E-state index contributed by atoms with van der Waals surface area (Å²) in [4.78, 5) is 2.54. The molecule has 0 aromatic heterocycles. The fraction of sp³-hybridized carbons (Fsp3) is 0.200. The van der Waals surface area contributed by atoms with Crippen LogP contribution in [0.15, 0.2) is 72.8 Å². The average molecular weight is 384 g/mol. The van der Waals surface area contributed by atoms with Gasteiger partial charge >= 0.3 is 0 Å². The van der Waals surface area contributed by atoms with Gasteiger partial charge < -0.3 is 4.90 Å². The fourth-order valence-electron chi connectivity index (χ4n) is 3.19. The highest BCUT2D eigenvalue weighted by atomic mass is 79.9. The van der Waals surface area contributed by atoms with E-state index in [1.54, 1.807) is 0 Å². The molecule has 0 radical (unpaired) electrons. The number of fused-ring (bicyclic) bond motifs is 1. The number of allylic oxidation sites excluding steroid dienone is 2. The van der Waals surface area contributed by atoms with Crippen molar-refractivity contribution in [2.45, 2.75) is 10.6 Å². The normalized spacial score (nSPS) is 23.3. The maximum absolute atomic E-state index is 3.66. The lowest BCUT2D eigenvalue weighted by Gasteiger charge is -2.31. The van der Waals surface area contributed by atoms with E-state index < -0.39 is 0 Å². The molecule has 0 amide bonds. The van der Waals surface area contributed by atoms with Crippen LogP contribution >= 0.6 is 27.7 Å². The third kappa shape index (κ3) is 3.00. The number of halogens is 1. The summed E-state index contributed by atoms with van der Waals surface area (Å²) in [6.45, 7) is 1.10. The highest BCUT2D eigenvalue weighted by Gasteiger charge is 2.35. The molecule has 1 nitrogen and oxygen atoms in total. The van der Waals surface area contributed by atoms with Crippen molar-refractivity contribution in [3.8, 4) is 0 Å². The molecule has 0 aliphatic carbocycles. The minimum absolute atomic E-state index is 0.424. The maximum atomic E-state index is 3.66. The molecular weight excluding hydrogens is 366 g/mol. The predicted molar refractivity (Wildman–Crippen MR) is 105 cm³/mol. The zero-order valence-corrected chi connectivity index (χ0v) is 15.1. The van der Waals surface area contributed by atoms with Crippen molar-refractivity contribution in [3.05, 3.63) is 83.9 Å². The van der Waals surface area contributed by atoms with Gasteiger partial charge in [0.05, 0.1) is 5.37 Å². The Morgan fingerprint density at radius 1 is 0.957 bits per heavy atom. The van der Waals surface area contributed by atoms with Crippen LogP contribution in [0.2, 0.25) is 0 Å². The summed E-state index contributed by atoms with van der Waals surface area (Å²) >= 11 is 5.71. The molecule has 2 aliphatic heterocycles. The summed E-state index contributed by atoms with van der Waals surface area (Å²) in [7, 11) is 0. The average Bonchev–Trinajstić information content (AvgIpc) is 3.05. The highest BCUT2D eigenvalue weighted by Crippen LogP contribution is 2.43. The second-order valence-electron chi connectivity index (χ2n) is 5.84. The summed E-state index contributed by atoms with van der Waals surface area (Å²) < 4.78 is 0. The number of nitrogens with zero attached hydrogens (tertiary/aromatic N) is 1. The van der Waals surface area contributed by atoms with Gasteiger partial charge in [0.15, 0.2) is 0 Å². The molecule has 0 N–H and O–H groups in total. The number of benzene rings is 2. The van der Waals surface area contributed by atoms with Crippen LogP contribution in [0.25, 0.3) is 11.3 Å². The van der Waals surface area contributed by atoms with Gasteiger partial charge in [0.25, 0.3) is 0 Å². The van der Waals surface area contributed by atoms with Crippen molar-refractivity contribution in [3.63, 3.8) is 0 Å². The standard InChI is InChI=1S/C20H18BrNS/c21-13-18-14-22-19(16-9-5-2-6-10-16)11-17(12-20(22)23-18)15-7-3-1-4-8-15/h1-12,18,20H,13-14H2. The number of hydrogen-bond donors (Lipinski definition) is 0. The third-order valence-electron chi connectivity index (χ3n) is 4.31. The van der Waals surface area contributed by atoms with Crippen molar-refractivity contribution in [1.29, 1.82) is 0 Å². The lowest BCUT2D eigenvalue weighted by molar-refractivity contribution is 0.443. The Bertz CT molecular complexity index is 739. The van der Waals surface area contributed by atoms with Gasteiger partial charge in [0, 0.05) is 22.8 Å². The minimum atomic E-state index is 0.424. The molecule has 1 fully saturated rings. The van der Waals surface area contributed by atoms with Crippen molar-refractivity contribution in [2.24, 2.45) is 0 Å². The van der Waals surface area contributed by atoms with Crippen molar-refractivity contribution in [1.82, 2.24) is 4.90 Å². The Balaban J connectivity index is 1.78. The first-order chi connectivity index (χ1) is 11.3. The number of thioether (sulfide) groups is 1. The molecule has 0 spiro atoms. The van der Waals surface area contributed by atoms with Crippen molar-refractivity contribution < 1.29 is 0 Å². The Hall–Kier alpha value is -1.45. The van der Waals surface area contributed by atoms with E-state index in [4.69, 9.17) is 0 Å². The van der Waals surface area contributed by atoms with Crippen LogP contribution in [-0.4, -0.2) is 27.4 Å². The molecule has 3 heteroatoms. The van der Waals surface area contributed by atoms with E-state index in [9.17, 15) is 0 Å². The van der Waals surface area contributed by atoms with Crippen LogP contribution in [0.3, 0.4) is 0 Å². The lowest BCUT2D eigenvalue weighted by Crippen LogP contribution is -2.29. The van der Waals surface area contributed by atoms with Gasteiger partial charge in [0.2, 0.25) is 0 Å². The quantitative estimate of drug-likeness (QED) is 0.664. The van der Waals surface area contributed by atoms with E-state index in [2.05, 4.69) is 105 Å². The monoisotopic (exact) mass is 383 g/mol. The predicted octanol–water partition coefficient (Wildman–Crippen LogP) is 5.26. The SMILES string of the molecule is BrCC1CN2C(c3ccccc3)=CC(c3ccccc3)=CC2S1. The summed E-state index contributed by atoms with van der Waals surface area (Å²) in [6, 6.07) is 21.4. The summed E-state index contributed by atoms with van der Waals surface area (Å²) in [5.41, 5.74) is 5.26. The molecular formula is C20H18BrNS. The Kier molecular flexibility index (Phi) is 4.32. The summed E-state index contributed by atoms with van der Waals surface area (Å²) in [5.74, 6) is 0. The van der Waals surface area contributed by atoms with Gasteiger partial charge in [-0.05, 0) is 28.9 Å². The van der Waals surface area contributed by atoms with Gasteiger partial charge in [-0.3, -0.25) is 0 Å². The van der Waals surface area contributed by atoms with E-state index in [0.717, 1.165) is 11.9 Å². The van der Waals surface area contributed by atoms with Gasteiger partial charge in [-0.2, -0.15) is 0 Å². The molecule has 2 heterocycles. The Morgan fingerprint density at radius 3 is 2.26 bits per heavy atom. The second kappa shape index (κ2) is 6.58. The van der Waals surface area contributed by atoms with Crippen LogP contribution in [-0.2, 0) is 0 Å². The first-order valence-electron chi connectivity index (χ1n) is 7.87. The largest absolute Gasteiger partial charge is 0.354 e. The van der Waals surface area contributed by atoms with Gasteiger partial charge in [-0.1, -0.05) is 76.6 Å².